The molecule has 1 aromatic carbocycles. The van der Waals surface area contributed by atoms with E-state index >= 15 is 0 Å². The van der Waals surface area contributed by atoms with Crippen molar-refractivity contribution < 1.29 is 19.1 Å². The zero-order valence-electron chi connectivity index (χ0n) is 18.3. The minimum Gasteiger partial charge on any atom is -0.455 e. The Morgan fingerprint density at radius 2 is 1.94 bits per heavy atom. The number of amides is 2. The van der Waals surface area contributed by atoms with Crippen molar-refractivity contribution in [2.75, 3.05) is 19.7 Å². The zero-order chi connectivity index (χ0) is 22.0. The molecule has 0 aromatic heterocycles. The first kappa shape index (κ1) is 21.5. The van der Waals surface area contributed by atoms with Gasteiger partial charge in [-0.1, -0.05) is 57.0 Å². The van der Waals surface area contributed by atoms with Crippen LogP contribution in [0.2, 0.25) is 0 Å². The number of esters is 1. The van der Waals surface area contributed by atoms with Gasteiger partial charge in [0.2, 0.25) is 5.91 Å². The number of likely N-dealkylation sites (tertiary alicyclic amines) is 1. The zero-order valence-corrected chi connectivity index (χ0v) is 18.3. The van der Waals surface area contributed by atoms with Crippen LogP contribution in [-0.2, 0) is 19.1 Å². The minimum atomic E-state index is -0.494. The van der Waals surface area contributed by atoms with E-state index in [0.29, 0.717) is 31.3 Å². The number of hydrogen-bond acceptors (Lipinski definition) is 5. The Balaban J connectivity index is 1.29. The minimum absolute atomic E-state index is 0.0240. The summed E-state index contributed by atoms with van der Waals surface area (Å²) in [6, 6.07) is 9.93. The Hall–Kier alpha value is -2.70. The quantitative estimate of drug-likeness (QED) is 0.680. The summed E-state index contributed by atoms with van der Waals surface area (Å²) >= 11 is 0. The smallest absolute Gasteiger partial charge is 0.311 e. The van der Waals surface area contributed by atoms with E-state index in [0.717, 1.165) is 24.1 Å². The van der Waals surface area contributed by atoms with Gasteiger partial charge in [-0.3, -0.25) is 14.4 Å². The SMILES string of the molecule is C[C@@H]1[C@H](C)CCC[C@@H]1N1C[C@H](C(=O)OCC(=O)N2CCC(c3ccccc3)=N2)CC1=O. The molecule has 0 radical (unpaired) electrons. The summed E-state index contributed by atoms with van der Waals surface area (Å²) in [6.45, 7) is 4.97. The summed E-state index contributed by atoms with van der Waals surface area (Å²) < 4.78 is 5.29. The monoisotopic (exact) mass is 425 g/mol. The lowest BCUT2D eigenvalue weighted by Gasteiger charge is -2.39. The van der Waals surface area contributed by atoms with Crippen molar-refractivity contribution in [3.8, 4) is 0 Å². The highest BCUT2D eigenvalue weighted by molar-refractivity contribution is 6.02. The Bertz CT molecular complexity index is 869. The van der Waals surface area contributed by atoms with Crippen molar-refractivity contribution in [1.29, 1.82) is 0 Å². The van der Waals surface area contributed by atoms with E-state index in [4.69, 9.17) is 4.74 Å². The molecular weight excluding hydrogens is 394 g/mol. The lowest BCUT2D eigenvalue weighted by Crippen LogP contribution is -2.45. The van der Waals surface area contributed by atoms with Gasteiger partial charge in [0.15, 0.2) is 6.61 Å². The summed E-state index contributed by atoms with van der Waals surface area (Å²) in [5.74, 6) is -0.261. The summed E-state index contributed by atoms with van der Waals surface area (Å²) in [6.07, 6.45) is 4.15. The fourth-order valence-electron chi connectivity index (χ4n) is 5.00. The molecule has 2 fully saturated rings. The standard InChI is InChI=1S/C24H31N3O4/c1-16-7-6-10-21(17(16)2)26-14-19(13-22(26)28)24(30)31-15-23(29)27-12-11-20(25-27)18-8-4-3-5-9-18/h3-5,8-9,16-17,19,21H,6-7,10-15H2,1-2H3/t16-,17-,19-,21+/m1/s1. The lowest BCUT2D eigenvalue weighted by molar-refractivity contribution is -0.155. The van der Waals surface area contributed by atoms with Crippen molar-refractivity contribution in [3.05, 3.63) is 35.9 Å². The predicted molar refractivity (Wildman–Crippen MR) is 116 cm³/mol. The number of hydrogen-bond donors (Lipinski definition) is 0. The molecule has 1 saturated heterocycles. The second-order valence-corrected chi connectivity index (χ2v) is 9.07. The maximum absolute atomic E-state index is 12.6. The van der Waals surface area contributed by atoms with E-state index in [2.05, 4.69) is 18.9 Å². The van der Waals surface area contributed by atoms with Crippen molar-refractivity contribution in [2.24, 2.45) is 22.9 Å². The average Bonchev–Trinajstić information content (AvgIpc) is 3.42. The van der Waals surface area contributed by atoms with Crippen LogP contribution in [0.15, 0.2) is 35.4 Å². The third-order valence-electron chi connectivity index (χ3n) is 7.09. The first-order chi connectivity index (χ1) is 14.9. The summed E-state index contributed by atoms with van der Waals surface area (Å²) in [7, 11) is 0. The molecule has 2 heterocycles. The van der Waals surface area contributed by atoms with Gasteiger partial charge >= 0.3 is 5.97 Å². The number of carbonyl (C=O) groups excluding carboxylic acids is 3. The maximum atomic E-state index is 12.6. The van der Waals surface area contributed by atoms with Crippen molar-refractivity contribution in [2.45, 2.75) is 52.0 Å². The fraction of sp³-hybridized carbons (Fsp3) is 0.583. The highest BCUT2D eigenvalue weighted by Crippen LogP contribution is 2.35. The molecule has 0 unspecified atom stereocenters. The molecule has 166 valence electrons. The van der Waals surface area contributed by atoms with Crippen LogP contribution in [0.3, 0.4) is 0 Å². The highest BCUT2D eigenvalue weighted by Gasteiger charge is 2.42. The van der Waals surface area contributed by atoms with Gasteiger partial charge in [0.05, 0.1) is 18.2 Å². The summed E-state index contributed by atoms with van der Waals surface area (Å²) in [4.78, 5) is 39.5. The third-order valence-corrected chi connectivity index (χ3v) is 7.09. The first-order valence-electron chi connectivity index (χ1n) is 11.3. The highest BCUT2D eigenvalue weighted by atomic mass is 16.5. The Morgan fingerprint density at radius 1 is 1.16 bits per heavy atom. The van der Waals surface area contributed by atoms with Crippen LogP contribution in [0.1, 0.15) is 51.5 Å². The van der Waals surface area contributed by atoms with Gasteiger partial charge in [-0.2, -0.15) is 5.10 Å². The molecule has 2 amide bonds. The van der Waals surface area contributed by atoms with Gasteiger partial charge in [-0.25, -0.2) is 5.01 Å². The van der Waals surface area contributed by atoms with Crippen molar-refractivity contribution in [1.82, 2.24) is 9.91 Å². The average molecular weight is 426 g/mol. The topological polar surface area (TPSA) is 79.3 Å². The lowest BCUT2D eigenvalue weighted by atomic mass is 9.77. The van der Waals surface area contributed by atoms with Crippen LogP contribution in [0.4, 0.5) is 0 Å². The van der Waals surface area contributed by atoms with Gasteiger partial charge in [0.1, 0.15) is 0 Å². The number of rotatable bonds is 5. The van der Waals surface area contributed by atoms with Gasteiger partial charge < -0.3 is 9.64 Å². The van der Waals surface area contributed by atoms with E-state index in [9.17, 15) is 14.4 Å². The van der Waals surface area contributed by atoms with E-state index in [1.807, 2.05) is 35.2 Å². The van der Waals surface area contributed by atoms with Crippen molar-refractivity contribution in [3.63, 3.8) is 0 Å². The van der Waals surface area contributed by atoms with Gasteiger partial charge in [0.25, 0.3) is 5.91 Å². The van der Waals surface area contributed by atoms with Crippen LogP contribution in [0.25, 0.3) is 0 Å². The molecular formula is C24H31N3O4. The first-order valence-corrected chi connectivity index (χ1v) is 11.3. The number of carbonyl (C=O) groups is 3. The molecule has 0 spiro atoms. The number of hydrazone groups is 1. The van der Waals surface area contributed by atoms with E-state index in [1.54, 1.807) is 0 Å². The van der Waals surface area contributed by atoms with Gasteiger partial charge in [0, 0.05) is 25.4 Å². The van der Waals surface area contributed by atoms with Crippen LogP contribution < -0.4 is 0 Å². The van der Waals surface area contributed by atoms with Crippen LogP contribution in [0.5, 0.6) is 0 Å². The van der Waals surface area contributed by atoms with Crippen LogP contribution in [0, 0.1) is 17.8 Å². The summed E-state index contributed by atoms with van der Waals surface area (Å²) in [5.41, 5.74) is 1.85. The van der Waals surface area contributed by atoms with Gasteiger partial charge in [-0.05, 0) is 23.8 Å². The molecule has 7 heteroatoms. The Morgan fingerprint density at radius 3 is 2.71 bits per heavy atom. The van der Waals surface area contributed by atoms with Crippen molar-refractivity contribution >= 4 is 23.5 Å². The molecule has 1 saturated carbocycles. The second-order valence-electron chi connectivity index (χ2n) is 9.07. The molecule has 31 heavy (non-hydrogen) atoms. The third kappa shape index (κ3) is 4.65. The van der Waals surface area contributed by atoms with E-state index < -0.39 is 11.9 Å². The fourth-order valence-corrected chi connectivity index (χ4v) is 5.00. The predicted octanol–water partition coefficient (Wildman–Crippen LogP) is 2.84. The number of benzene rings is 1. The maximum Gasteiger partial charge on any atom is 0.311 e. The second kappa shape index (κ2) is 9.20. The molecule has 1 aliphatic carbocycles. The molecule has 7 nitrogen and oxygen atoms in total. The van der Waals surface area contributed by atoms with Gasteiger partial charge in [-0.15, -0.1) is 0 Å². The normalized spacial score (nSPS) is 28.6. The number of ether oxygens (including phenoxy) is 1. The molecule has 1 aromatic rings. The number of nitrogens with zero attached hydrogens (tertiary/aromatic N) is 3. The molecule has 3 aliphatic rings. The molecule has 4 atom stereocenters. The molecule has 2 aliphatic heterocycles. The Labute approximate surface area is 183 Å². The van der Waals surface area contributed by atoms with Crippen LogP contribution >= 0.6 is 0 Å². The van der Waals surface area contributed by atoms with E-state index in [1.165, 1.54) is 11.4 Å². The molecule has 0 N–H and O–H groups in total. The molecule has 4 rings (SSSR count). The molecule has 0 bridgehead atoms. The largest absolute Gasteiger partial charge is 0.455 e. The Kier molecular flexibility index (Phi) is 6.39. The van der Waals surface area contributed by atoms with E-state index in [-0.39, 0.29) is 30.9 Å². The summed E-state index contributed by atoms with van der Waals surface area (Å²) in [5, 5.41) is 5.75. The van der Waals surface area contributed by atoms with Crippen LogP contribution in [-0.4, -0.2) is 59.1 Å².